The van der Waals surface area contributed by atoms with E-state index in [0.717, 1.165) is 5.69 Å². The Morgan fingerprint density at radius 3 is 2.59 bits per heavy atom. The van der Waals surface area contributed by atoms with Gasteiger partial charge in [0, 0.05) is 24.3 Å². The van der Waals surface area contributed by atoms with Gasteiger partial charge in [-0.05, 0) is 19.9 Å². The first kappa shape index (κ1) is 14.1. The van der Waals surface area contributed by atoms with E-state index < -0.39 is 10.0 Å². The number of hydrogen-bond donors (Lipinski definition) is 3. The van der Waals surface area contributed by atoms with E-state index in [9.17, 15) is 8.42 Å². The molecule has 0 aromatic carbocycles. The van der Waals surface area contributed by atoms with E-state index in [4.69, 9.17) is 0 Å². The second kappa shape index (κ2) is 5.61. The lowest BCUT2D eigenvalue weighted by atomic mass is 10.2. The highest BCUT2D eigenvalue weighted by atomic mass is 32.2. The fraction of sp³-hybridized carbons (Fsp3) is 0.700. The van der Waals surface area contributed by atoms with Crippen molar-refractivity contribution in [1.29, 1.82) is 0 Å². The predicted octanol–water partition coefficient (Wildman–Crippen LogP) is 0.372. The van der Waals surface area contributed by atoms with Crippen LogP contribution >= 0.6 is 0 Å². The van der Waals surface area contributed by atoms with Crippen molar-refractivity contribution in [2.45, 2.75) is 32.3 Å². The molecular formula is C10H20N4O2S. The summed E-state index contributed by atoms with van der Waals surface area (Å²) in [5, 5.41) is 9.60. The largest absolute Gasteiger partial charge is 0.316 e. The fourth-order valence-electron chi connectivity index (χ4n) is 1.38. The highest BCUT2D eigenvalue weighted by Crippen LogP contribution is 2.15. The van der Waals surface area contributed by atoms with Gasteiger partial charge in [0.2, 0.25) is 0 Å². The van der Waals surface area contributed by atoms with Gasteiger partial charge in [0.05, 0.1) is 0 Å². The molecule has 0 aliphatic heterocycles. The summed E-state index contributed by atoms with van der Waals surface area (Å²) in [5.74, 6) is 0.262. The van der Waals surface area contributed by atoms with Gasteiger partial charge in [-0.1, -0.05) is 13.8 Å². The molecule has 0 amide bonds. The number of hydrogen-bond acceptors (Lipinski definition) is 4. The van der Waals surface area contributed by atoms with Gasteiger partial charge in [0.1, 0.15) is 0 Å². The summed E-state index contributed by atoms with van der Waals surface area (Å²) in [6, 6.07) is 0. The summed E-state index contributed by atoms with van der Waals surface area (Å²) in [7, 11) is -1.75. The molecule has 0 spiro atoms. The van der Waals surface area contributed by atoms with Crippen molar-refractivity contribution in [3.05, 3.63) is 11.3 Å². The van der Waals surface area contributed by atoms with Crippen molar-refractivity contribution in [1.82, 2.24) is 20.2 Å². The number of aryl methyl sites for hydroxylation is 1. The smallest absolute Gasteiger partial charge is 0.260 e. The Hall–Kier alpha value is -0.920. The molecule has 0 bridgehead atoms. The van der Waals surface area contributed by atoms with E-state index >= 15 is 0 Å². The minimum atomic E-state index is -3.52. The Morgan fingerprint density at radius 2 is 2.06 bits per heavy atom. The van der Waals surface area contributed by atoms with Crippen LogP contribution in [0.5, 0.6) is 0 Å². The molecule has 0 saturated heterocycles. The van der Waals surface area contributed by atoms with Crippen LogP contribution < -0.4 is 10.0 Å². The maximum atomic E-state index is 12.0. The average molecular weight is 260 g/mol. The van der Waals surface area contributed by atoms with E-state index in [2.05, 4.69) is 20.2 Å². The number of H-pyrrole nitrogens is 1. The van der Waals surface area contributed by atoms with Crippen LogP contribution in [0.4, 0.5) is 0 Å². The number of aromatic nitrogens is 2. The molecule has 3 N–H and O–H groups in total. The summed E-state index contributed by atoms with van der Waals surface area (Å²) in [6.07, 6.45) is 0. The molecule has 1 aromatic rings. The first-order valence-corrected chi connectivity index (χ1v) is 7.05. The van der Waals surface area contributed by atoms with E-state index in [1.165, 1.54) is 0 Å². The number of nitrogens with one attached hydrogen (secondary N) is 3. The Balaban J connectivity index is 2.98. The maximum absolute atomic E-state index is 12.0. The van der Waals surface area contributed by atoms with Crippen LogP contribution in [0.1, 0.15) is 25.1 Å². The van der Waals surface area contributed by atoms with Gasteiger partial charge in [-0.25, -0.2) is 13.1 Å². The Kier molecular flexibility index (Phi) is 4.67. The molecule has 0 aliphatic rings. The maximum Gasteiger partial charge on any atom is 0.260 e. The van der Waals surface area contributed by atoms with Crippen LogP contribution in [0.25, 0.3) is 0 Å². The van der Waals surface area contributed by atoms with Gasteiger partial charge >= 0.3 is 0 Å². The minimum Gasteiger partial charge on any atom is -0.316 e. The lowest BCUT2D eigenvalue weighted by Gasteiger charge is -2.08. The third-order valence-electron chi connectivity index (χ3n) is 2.33. The zero-order valence-electron chi connectivity index (χ0n) is 10.7. The lowest BCUT2D eigenvalue weighted by molar-refractivity contribution is 0.555. The molecule has 1 heterocycles. The lowest BCUT2D eigenvalue weighted by Crippen LogP contribution is -2.29. The second-order valence-corrected chi connectivity index (χ2v) is 6.09. The average Bonchev–Trinajstić information content (AvgIpc) is 2.59. The third kappa shape index (κ3) is 3.52. The number of aromatic amines is 1. The van der Waals surface area contributed by atoms with Crippen LogP contribution in [0.3, 0.4) is 0 Å². The predicted molar refractivity (Wildman–Crippen MR) is 66.1 cm³/mol. The van der Waals surface area contributed by atoms with Crippen LogP contribution in [0.15, 0.2) is 5.03 Å². The summed E-state index contributed by atoms with van der Waals surface area (Å²) in [5.41, 5.74) is 1.45. The van der Waals surface area contributed by atoms with Crippen molar-refractivity contribution < 1.29 is 8.42 Å². The van der Waals surface area contributed by atoms with Crippen LogP contribution in [-0.4, -0.2) is 32.2 Å². The van der Waals surface area contributed by atoms with Gasteiger partial charge in [0.15, 0.2) is 5.03 Å². The first-order valence-electron chi connectivity index (χ1n) is 5.56. The zero-order chi connectivity index (χ0) is 13.1. The number of rotatable bonds is 6. The van der Waals surface area contributed by atoms with Gasteiger partial charge in [-0.2, -0.15) is 5.10 Å². The van der Waals surface area contributed by atoms with E-state index in [-0.39, 0.29) is 10.9 Å². The molecule has 0 saturated carbocycles. The highest BCUT2D eigenvalue weighted by molar-refractivity contribution is 7.89. The number of sulfonamides is 1. The molecule has 98 valence electrons. The van der Waals surface area contributed by atoms with Crippen LogP contribution in [0, 0.1) is 12.8 Å². The molecule has 0 unspecified atom stereocenters. The summed E-state index contributed by atoms with van der Waals surface area (Å²) >= 11 is 0. The minimum absolute atomic E-state index is 0.0880. The van der Waals surface area contributed by atoms with Crippen molar-refractivity contribution in [2.24, 2.45) is 5.92 Å². The fourth-order valence-corrected chi connectivity index (χ4v) is 2.79. The zero-order valence-corrected chi connectivity index (χ0v) is 11.5. The second-order valence-electron chi connectivity index (χ2n) is 4.41. The van der Waals surface area contributed by atoms with Gasteiger partial charge in [-0.15, -0.1) is 0 Å². The molecule has 0 atom stereocenters. The molecule has 0 radical (unpaired) electrons. The molecule has 1 rings (SSSR count). The van der Waals surface area contributed by atoms with E-state index in [0.29, 0.717) is 18.7 Å². The van der Waals surface area contributed by atoms with Crippen molar-refractivity contribution in [2.75, 3.05) is 13.6 Å². The summed E-state index contributed by atoms with van der Waals surface area (Å²) < 4.78 is 26.6. The molecule has 0 aliphatic carbocycles. The molecular weight excluding hydrogens is 240 g/mol. The quantitative estimate of drug-likeness (QED) is 0.690. The standard InChI is InChI=1S/C10H20N4O2S/c1-7(2)5-12-17(15,16)10-9(6-11-4)8(3)13-14-10/h7,11-12H,5-6H2,1-4H3,(H,13,14). The molecule has 7 heteroatoms. The number of nitrogens with zero attached hydrogens (tertiary/aromatic N) is 1. The van der Waals surface area contributed by atoms with Crippen molar-refractivity contribution >= 4 is 10.0 Å². The topological polar surface area (TPSA) is 86.9 Å². The SMILES string of the molecule is CNCc1c(S(=O)(=O)NCC(C)C)n[nH]c1C. The van der Waals surface area contributed by atoms with Crippen molar-refractivity contribution in [3.63, 3.8) is 0 Å². The molecule has 1 aromatic heterocycles. The molecule has 0 fully saturated rings. The van der Waals surface area contributed by atoms with Crippen LogP contribution in [0.2, 0.25) is 0 Å². The normalized spacial score (nSPS) is 12.3. The summed E-state index contributed by atoms with van der Waals surface area (Å²) in [4.78, 5) is 0. The molecule has 17 heavy (non-hydrogen) atoms. The Morgan fingerprint density at radius 1 is 1.41 bits per heavy atom. The van der Waals surface area contributed by atoms with Gasteiger partial charge in [0.25, 0.3) is 10.0 Å². The highest BCUT2D eigenvalue weighted by Gasteiger charge is 2.23. The third-order valence-corrected chi connectivity index (χ3v) is 3.72. The summed E-state index contributed by atoms with van der Waals surface area (Å²) in [6.45, 7) is 6.59. The Bertz CT molecular complexity index is 465. The van der Waals surface area contributed by atoms with E-state index in [1.807, 2.05) is 13.8 Å². The van der Waals surface area contributed by atoms with Gasteiger partial charge in [-0.3, -0.25) is 5.10 Å². The molecule has 6 nitrogen and oxygen atoms in total. The van der Waals surface area contributed by atoms with E-state index in [1.54, 1.807) is 14.0 Å². The first-order chi connectivity index (χ1) is 7.88. The van der Waals surface area contributed by atoms with Crippen LogP contribution in [-0.2, 0) is 16.6 Å². The van der Waals surface area contributed by atoms with Gasteiger partial charge < -0.3 is 5.32 Å². The Labute approximate surface area is 102 Å². The van der Waals surface area contributed by atoms with Crippen molar-refractivity contribution in [3.8, 4) is 0 Å². The monoisotopic (exact) mass is 260 g/mol.